The first-order valence-corrected chi connectivity index (χ1v) is 10.1. The monoisotopic (exact) mass is 430 g/mol. The molecule has 4 nitrogen and oxygen atoms in total. The molecule has 0 unspecified atom stereocenters. The van der Waals surface area contributed by atoms with Gasteiger partial charge in [0.1, 0.15) is 11.5 Å². The van der Waals surface area contributed by atoms with Gasteiger partial charge in [-0.1, -0.05) is 77.8 Å². The Morgan fingerprint density at radius 1 is 0.700 bits per heavy atom. The molecule has 0 aliphatic rings. The molecule has 0 aliphatic heterocycles. The van der Waals surface area contributed by atoms with Crippen LogP contribution in [0.3, 0.4) is 0 Å². The fourth-order valence-corrected chi connectivity index (χ4v) is 3.79. The first kappa shape index (κ1) is 18.7. The standard InChI is InChI=1S/C24H16Cl2N4/c25-18-10-6-15(7-11-18)20-14-28-24-21(16-8-12-19(26)13-9-16)22(29-30(24)23(20)27)17-4-2-1-3-5-17/h1-14H,27H2. The summed E-state index contributed by atoms with van der Waals surface area (Å²) in [6, 6.07) is 25.2. The van der Waals surface area contributed by atoms with E-state index >= 15 is 0 Å². The highest BCUT2D eigenvalue weighted by Gasteiger charge is 2.20. The number of aromatic nitrogens is 3. The van der Waals surface area contributed by atoms with Crippen molar-refractivity contribution in [1.82, 2.24) is 14.6 Å². The highest BCUT2D eigenvalue weighted by Crippen LogP contribution is 2.37. The number of halogens is 2. The van der Waals surface area contributed by atoms with Gasteiger partial charge in [-0.15, -0.1) is 0 Å². The largest absolute Gasteiger partial charge is 0.383 e. The normalized spacial score (nSPS) is 11.1. The summed E-state index contributed by atoms with van der Waals surface area (Å²) >= 11 is 12.1. The van der Waals surface area contributed by atoms with E-state index in [-0.39, 0.29) is 0 Å². The molecule has 0 amide bonds. The molecule has 5 rings (SSSR count). The van der Waals surface area contributed by atoms with E-state index in [1.54, 1.807) is 10.7 Å². The molecule has 0 fully saturated rings. The molecule has 2 N–H and O–H groups in total. The SMILES string of the molecule is Nc1c(-c2ccc(Cl)cc2)cnc2c(-c3ccc(Cl)cc3)c(-c3ccccc3)nn12. The van der Waals surface area contributed by atoms with Gasteiger partial charge in [-0.05, 0) is 35.4 Å². The maximum atomic E-state index is 6.56. The molecule has 0 saturated heterocycles. The summed E-state index contributed by atoms with van der Waals surface area (Å²) in [4.78, 5) is 4.74. The molecule has 6 heteroatoms. The second-order valence-electron chi connectivity index (χ2n) is 6.90. The van der Waals surface area contributed by atoms with Crippen LogP contribution in [0, 0.1) is 0 Å². The van der Waals surface area contributed by atoms with Crippen molar-refractivity contribution in [2.75, 3.05) is 5.73 Å². The molecule has 5 aromatic rings. The second kappa shape index (κ2) is 7.48. The van der Waals surface area contributed by atoms with Crippen LogP contribution in [-0.4, -0.2) is 14.6 Å². The maximum Gasteiger partial charge on any atom is 0.165 e. The van der Waals surface area contributed by atoms with Gasteiger partial charge >= 0.3 is 0 Å². The Kier molecular flexibility index (Phi) is 4.66. The van der Waals surface area contributed by atoms with Crippen LogP contribution < -0.4 is 5.73 Å². The predicted molar refractivity (Wildman–Crippen MR) is 124 cm³/mol. The van der Waals surface area contributed by atoms with E-state index in [1.165, 1.54) is 0 Å². The van der Waals surface area contributed by atoms with Gasteiger partial charge in [0.05, 0.1) is 5.56 Å². The first-order valence-electron chi connectivity index (χ1n) is 9.36. The Bertz CT molecular complexity index is 1340. The molecule has 146 valence electrons. The highest BCUT2D eigenvalue weighted by molar-refractivity contribution is 6.31. The van der Waals surface area contributed by atoms with Gasteiger partial charge in [-0.25, -0.2) is 4.98 Å². The number of hydrogen-bond donors (Lipinski definition) is 1. The second-order valence-corrected chi connectivity index (χ2v) is 7.77. The van der Waals surface area contributed by atoms with Gasteiger partial charge in [0.25, 0.3) is 0 Å². The Labute approximate surface area is 183 Å². The van der Waals surface area contributed by atoms with Crippen molar-refractivity contribution in [3.05, 3.63) is 95.1 Å². The van der Waals surface area contributed by atoms with Gasteiger partial charge in [0.2, 0.25) is 0 Å². The summed E-state index contributed by atoms with van der Waals surface area (Å²) in [6.45, 7) is 0. The number of nitrogen functional groups attached to an aromatic ring is 1. The van der Waals surface area contributed by atoms with Crippen LogP contribution in [0.4, 0.5) is 5.82 Å². The number of fused-ring (bicyclic) bond motifs is 1. The molecule has 3 aromatic carbocycles. The summed E-state index contributed by atoms with van der Waals surface area (Å²) in [5, 5.41) is 6.20. The van der Waals surface area contributed by atoms with Crippen molar-refractivity contribution in [2.45, 2.75) is 0 Å². The molecular formula is C24H16Cl2N4. The third-order valence-electron chi connectivity index (χ3n) is 5.02. The maximum absolute atomic E-state index is 6.56. The molecule has 0 aliphatic carbocycles. The van der Waals surface area contributed by atoms with Crippen LogP contribution in [0.25, 0.3) is 39.2 Å². The smallest absolute Gasteiger partial charge is 0.165 e. The number of anilines is 1. The number of hydrogen-bond acceptors (Lipinski definition) is 3. The lowest BCUT2D eigenvalue weighted by atomic mass is 10.0. The number of benzene rings is 3. The highest BCUT2D eigenvalue weighted by atomic mass is 35.5. The Morgan fingerprint density at radius 3 is 1.93 bits per heavy atom. The minimum atomic E-state index is 0.514. The summed E-state index contributed by atoms with van der Waals surface area (Å²) in [5.74, 6) is 0.514. The molecule has 0 atom stereocenters. The number of nitrogens with zero attached hydrogens (tertiary/aromatic N) is 3. The van der Waals surface area contributed by atoms with E-state index < -0.39 is 0 Å². The van der Waals surface area contributed by atoms with Crippen LogP contribution in [0.1, 0.15) is 0 Å². The fraction of sp³-hybridized carbons (Fsp3) is 0. The molecular weight excluding hydrogens is 415 g/mol. The van der Waals surface area contributed by atoms with E-state index in [2.05, 4.69) is 0 Å². The van der Waals surface area contributed by atoms with E-state index in [9.17, 15) is 0 Å². The Hall–Kier alpha value is -3.34. The zero-order valence-corrected chi connectivity index (χ0v) is 17.3. The average Bonchev–Trinajstić information content (AvgIpc) is 3.17. The molecule has 30 heavy (non-hydrogen) atoms. The third kappa shape index (κ3) is 3.20. The zero-order chi connectivity index (χ0) is 20.7. The molecule has 2 aromatic heterocycles. The Morgan fingerprint density at radius 2 is 1.30 bits per heavy atom. The van der Waals surface area contributed by atoms with Crippen LogP contribution >= 0.6 is 23.2 Å². The van der Waals surface area contributed by atoms with Gasteiger partial charge in [0, 0.05) is 27.4 Å². The van der Waals surface area contributed by atoms with Gasteiger partial charge in [-0.3, -0.25) is 0 Å². The quantitative estimate of drug-likeness (QED) is 0.349. The lowest BCUT2D eigenvalue weighted by Gasteiger charge is -2.08. The minimum absolute atomic E-state index is 0.514. The lowest BCUT2D eigenvalue weighted by Crippen LogP contribution is -2.02. The summed E-state index contributed by atoms with van der Waals surface area (Å²) < 4.78 is 1.70. The van der Waals surface area contributed by atoms with E-state index in [4.69, 9.17) is 39.0 Å². The predicted octanol–water partition coefficient (Wildman–Crippen LogP) is 6.62. The molecule has 0 bridgehead atoms. The van der Waals surface area contributed by atoms with E-state index in [0.717, 1.165) is 33.5 Å². The van der Waals surface area contributed by atoms with Gasteiger partial charge in [0.15, 0.2) is 5.65 Å². The minimum Gasteiger partial charge on any atom is -0.383 e. The van der Waals surface area contributed by atoms with Crippen LogP contribution in [0.15, 0.2) is 85.1 Å². The van der Waals surface area contributed by atoms with Crippen molar-refractivity contribution in [3.63, 3.8) is 0 Å². The lowest BCUT2D eigenvalue weighted by molar-refractivity contribution is 0.958. The van der Waals surface area contributed by atoms with Crippen LogP contribution in [0.2, 0.25) is 10.0 Å². The topological polar surface area (TPSA) is 56.2 Å². The average molecular weight is 431 g/mol. The number of rotatable bonds is 3. The van der Waals surface area contributed by atoms with Crippen molar-refractivity contribution in [3.8, 4) is 33.5 Å². The Balaban J connectivity index is 1.79. The van der Waals surface area contributed by atoms with Crippen molar-refractivity contribution < 1.29 is 0 Å². The summed E-state index contributed by atoms with van der Waals surface area (Å²) in [7, 11) is 0. The van der Waals surface area contributed by atoms with E-state index in [0.29, 0.717) is 21.5 Å². The molecule has 0 spiro atoms. The van der Waals surface area contributed by atoms with Gasteiger partial charge in [-0.2, -0.15) is 9.61 Å². The number of nitrogens with two attached hydrogens (primary N) is 1. The first-order chi connectivity index (χ1) is 14.6. The fourth-order valence-electron chi connectivity index (χ4n) is 3.53. The third-order valence-corrected chi connectivity index (χ3v) is 5.52. The van der Waals surface area contributed by atoms with Crippen LogP contribution in [0.5, 0.6) is 0 Å². The van der Waals surface area contributed by atoms with Gasteiger partial charge < -0.3 is 5.73 Å². The summed E-state index contributed by atoms with van der Waals surface area (Å²) in [5.41, 5.74) is 12.6. The zero-order valence-electron chi connectivity index (χ0n) is 15.8. The molecule has 2 heterocycles. The van der Waals surface area contributed by atoms with E-state index in [1.807, 2.05) is 78.9 Å². The summed E-state index contributed by atoms with van der Waals surface area (Å²) in [6.07, 6.45) is 1.78. The van der Waals surface area contributed by atoms with Crippen molar-refractivity contribution >= 4 is 34.7 Å². The molecule has 0 saturated carbocycles. The molecule has 0 radical (unpaired) electrons. The van der Waals surface area contributed by atoms with Crippen molar-refractivity contribution in [2.24, 2.45) is 0 Å². The van der Waals surface area contributed by atoms with Crippen LogP contribution in [-0.2, 0) is 0 Å². The van der Waals surface area contributed by atoms with Crippen molar-refractivity contribution in [1.29, 1.82) is 0 Å².